The number of amides is 1. The number of rotatable bonds is 5. The van der Waals surface area contributed by atoms with Gasteiger partial charge in [0.25, 0.3) is 0 Å². The van der Waals surface area contributed by atoms with Crippen LogP contribution >= 0.6 is 0 Å². The standard InChI is InChI=1S/C15H17FN4O/c1-11(13-4-3-5-14(16)9-13)8-15(21)17-6-7-20-10-18-19-12(20)2/h3-5,8-10H,6-7H2,1-2H3,(H,17,21)/b11-8-. The lowest BCUT2D eigenvalue weighted by atomic mass is 10.1. The Labute approximate surface area is 122 Å². The third-order valence-corrected chi connectivity index (χ3v) is 3.09. The van der Waals surface area contributed by atoms with E-state index in [0.717, 1.165) is 5.82 Å². The van der Waals surface area contributed by atoms with Gasteiger partial charge in [0.15, 0.2) is 0 Å². The molecule has 2 rings (SSSR count). The Morgan fingerprint density at radius 2 is 2.29 bits per heavy atom. The molecule has 0 spiro atoms. The summed E-state index contributed by atoms with van der Waals surface area (Å²) in [5, 5.41) is 10.4. The van der Waals surface area contributed by atoms with Crippen molar-refractivity contribution in [2.75, 3.05) is 6.54 Å². The summed E-state index contributed by atoms with van der Waals surface area (Å²) in [6, 6.07) is 6.16. The summed E-state index contributed by atoms with van der Waals surface area (Å²) in [4.78, 5) is 11.8. The number of nitrogens with zero attached hydrogens (tertiary/aromatic N) is 3. The molecule has 1 heterocycles. The second-order valence-corrected chi connectivity index (χ2v) is 4.70. The van der Waals surface area contributed by atoms with E-state index in [-0.39, 0.29) is 11.7 Å². The third-order valence-electron chi connectivity index (χ3n) is 3.09. The van der Waals surface area contributed by atoms with Crippen molar-refractivity contribution in [3.8, 4) is 0 Å². The molecule has 1 aromatic carbocycles. The number of carbonyl (C=O) groups is 1. The first kappa shape index (κ1) is 14.9. The quantitative estimate of drug-likeness (QED) is 0.855. The van der Waals surface area contributed by atoms with E-state index in [1.807, 2.05) is 11.5 Å². The zero-order valence-corrected chi connectivity index (χ0v) is 12.0. The molecule has 1 N–H and O–H groups in total. The minimum atomic E-state index is -0.316. The maximum absolute atomic E-state index is 13.1. The molecule has 0 fully saturated rings. The van der Waals surface area contributed by atoms with E-state index in [2.05, 4.69) is 15.5 Å². The Balaban J connectivity index is 1.89. The molecule has 0 bridgehead atoms. The molecule has 5 nitrogen and oxygen atoms in total. The number of hydrogen-bond donors (Lipinski definition) is 1. The molecule has 0 saturated carbocycles. The van der Waals surface area contributed by atoms with Crippen LogP contribution in [-0.4, -0.2) is 27.2 Å². The van der Waals surface area contributed by atoms with Gasteiger partial charge in [0.2, 0.25) is 5.91 Å². The molecular weight excluding hydrogens is 271 g/mol. The van der Waals surface area contributed by atoms with E-state index in [1.165, 1.54) is 18.2 Å². The second kappa shape index (κ2) is 6.78. The van der Waals surface area contributed by atoms with Crippen LogP contribution in [0.5, 0.6) is 0 Å². The number of nitrogens with one attached hydrogen (secondary N) is 1. The minimum absolute atomic E-state index is 0.206. The SMILES string of the molecule is C/C(=C/C(=O)NCCn1cnnc1C)c1cccc(F)c1. The van der Waals surface area contributed by atoms with E-state index in [0.29, 0.717) is 24.2 Å². The van der Waals surface area contributed by atoms with Gasteiger partial charge in [0.1, 0.15) is 18.0 Å². The van der Waals surface area contributed by atoms with Crippen molar-refractivity contribution in [2.45, 2.75) is 20.4 Å². The molecule has 1 amide bonds. The molecular formula is C15H17FN4O. The van der Waals surface area contributed by atoms with Crippen LogP contribution in [-0.2, 0) is 11.3 Å². The number of allylic oxidation sites excluding steroid dienone is 1. The predicted molar refractivity (Wildman–Crippen MR) is 77.8 cm³/mol. The fourth-order valence-corrected chi connectivity index (χ4v) is 1.90. The molecule has 21 heavy (non-hydrogen) atoms. The van der Waals surface area contributed by atoms with Crippen molar-refractivity contribution in [2.24, 2.45) is 0 Å². The van der Waals surface area contributed by atoms with Gasteiger partial charge in [-0.05, 0) is 37.1 Å². The molecule has 0 radical (unpaired) electrons. The van der Waals surface area contributed by atoms with Crippen LogP contribution in [0.4, 0.5) is 4.39 Å². The molecule has 1 aromatic heterocycles. The highest BCUT2D eigenvalue weighted by Gasteiger charge is 2.02. The van der Waals surface area contributed by atoms with Crippen LogP contribution in [0.3, 0.4) is 0 Å². The Kier molecular flexibility index (Phi) is 4.81. The first-order chi connectivity index (χ1) is 10.1. The van der Waals surface area contributed by atoms with E-state index in [4.69, 9.17) is 0 Å². The molecule has 2 aromatic rings. The summed E-state index contributed by atoms with van der Waals surface area (Å²) < 4.78 is 15.0. The fourth-order valence-electron chi connectivity index (χ4n) is 1.90. The van der Waals surface area contributed by atoms with Gasteiger partial charge in [-0.2, -0.15) is 0 Å². The number of carbonyl (C=O) groups excluding carboxylic acids is 1. The smallest absolute Gasteiger partial charge is 0.244 e. The lowest BCUT2D eigenvalue weighted by Crippen LogP contribution is -2.25. The Hall–Kier alpha value is -2.50. The summed E-state index contributed by atoms with van der Waals surface area (Å²) in [6.07, 6.45) is 3.09. The lowest BCUT2D eigenvalue weighted by Gasteiger charge is -2.06. The number of benzene rings is 1. The summed E-state index contributed by atoms with van der Waals surface area (Å²) in [7, 11) is 0. The van der Waals surface area contributed by atoms with Gasteiger partial charge in [-0.15, -0.1) is 10.2 Å². The fraction of sp³-hybridized carbons (Fsp3) is 0.267. The molecule has 0 saturated heterocycles. The molecule has 6 heteroatoms. The van der Waals surface area contributed by atoms with Gasteiger partial charge in [0.05, 0.1) is 0 Å². The van der Waals surface area contributed by atoms with Crippen LogP contribution in [0.25, 0.3) is 5.57 Å². The first-order valence-corrected chi connectivity index (χ1v) is 6.63. The predicted octanol–water partition coefficient (Wildman–Crippen LogP) is 1.95. The van der Waals surface area contributed by atoms with Gasteiger partial charge in [-0.3, -0.25) is 4.79 Å². The lowest BCUT2D eigenvalue weighted by molar-refractivity contribution is -0.116. The molecule has 0 atom stereocenters. The van der Waals surface area contributed by atoms with Crippen LogP contribution in [0.2, 0.25) is 0 Å². The molecule has 0 aliphatic rings. The highest BCUT2D eigenvalue weighted by atomic mass is 19.1. The first-order valence-electron chi connectivity index (χ1n) is 6.63. The van der Waals surface area contributed by atoms with Crippen molar-refractivity contribution in [1.82, 2.24) is 20.1 Å². The summed E-state index contributed by atoms with van der Waals surface area (Å²) >= 11 is 0. The summed E-state index contributed by atoms with van der Waals surface area (Å²) in [5.74, 6) is 0.280. The largest absolute Gasteiger partial charge is 0.351 e. The Bertz CT molecular complexity index is 663. The van der Waals surface area contributed by atoms with E-state index in [9.17, 15) is 9.18 Å². The number of aryl methyl sites for hydroxylation is 1. The highest BCUT2D eigenvalue weighted by molar-refractivity contribution is 5.94. The van der Waals surface area contributed by atoms with E-state index >= 15 is 0 Å². The average Bonchev–Trinajstić information content (AvgIpc) is 2.84. The number of aromatic nitrogens is 3. The van der Waals surface area contributed by atoms with E-state index in [1.54, 1.807) is 25.4 Å². The van der Waals surface area contributed by atoms with Gasteiger partial charge in [0, 0.05) is 19.2 Å². The average molecular weight is 288 g/mol. The van der Waals surface area contributed by atoms with E-state index < -0.39 is 0 Å². The van der Waals surface area contributed by atoms with Crippen LogP contribution in [0.1, 0.15) is 18.3 Å². The summed E-state index contributed by atoms with van der Waals surface area (Å²) in [5.41, 5.74) is 1.41. The highest BCUT2D eigenvalue weighted by Crippen LogP contribution is 2.14. The van der Waals surface area contributed by atoms with Gasteiger partial charge < -0.3 is 9.88 Å². The molecule has 110 valence electrons. The molecule has 0 aliphatic heterocycles. The number of halogens is 1. The van der Waals surface area contributed by atoms with Crippen molar-refractivity contribution < 1.29 is 9.18 Å². The number of hydrogen-bond acceptors (Lipinski definition) is 3. The van der Waals surface area contributed by atoms with Gasteiger partial charge in [-0.1, -0.05) is 12.1 Å². The minimum Gasteiger partial charge on any atom is -0.351 e. The zero-order chi connectivity index (χ0) is 15.2. The van der Waals surface area contributed by atoms with Crippen LogP contribution < -0.4 is 5.32 Å². The van der Waals surface area contributed by atoms with Crippen molar-refractivity contribution >= 4 is 11.5 Å². The summed E-state index contributed by atoms with van der Waals surface area (Å²) in [6.45, 7) is 4.71. The van der Waals surface area contributed by atoms with Crippen molar-refractivity contribution in [3.05, 3.63) is 53.9 Å². The van der Waals surface area contributed by atoms with Crippen molar-refractivity contribution in [3.63, 3.8) is 0 Å². The normalized spacial score (nSPS) is 11.5. The van der Waals surface area contributed by atoms with Crippen LogP contribution in [0, 0.1) is 12.7 Å². The Morgan fingerprint density at radius 3 is 2.95 bits per heavy atom. The second-order valence-electron chi connectivity index (χ2n) is 4.70. The molecule has 0 unspecified atom stereocenters. The Morgan fingerprint density at radius 1 is 1.48 bits per heavy atom. The van der Waals surface area contributed by atoms with Gasteiger partial charge >= 0.3 is 0 Å². The van der Waals surface area contributed by atoms with Crippen LogP contribution in [0.15, 0.2) is 36.7 Å². The van der Waals surface area contributed by atoms with Crippen molar-refractivity contribution in [1.29, 1.82) is 0 Å². The maximum atomic E-state index is 13.1. The topological polar surface area (TPSA) is 59.8 Å². The third kappa shape index (κ3) is 4.24. The monoisotopic (exact) mass is 288 g/mol. The maximum Gasteiger partial charge on any atom is 0.244 e. The van der Waals surface area contributed by atoms with Gasteiger partial charge in [-0.25, -0.2) is 4.39 Å². The zero-order valence-electron chi connectivity index (χ0n) is 12.0. The molecule has 0 aliphatic carbocycles.